The van der Waals surface area contributed by atoms with E-state index in [4.69, 9.17) is 26.3 Å². The van der Waals surface area contributed by atoms with Crippen LogP contribution in [-0.4, -0.2) is 46.6 Å². The van der Waals surface area contributed by atoms with E-state index in [1.165, 1.54) is 0 Å². The van der Waals surface area contributed by atoms with Crippen LogP contribution in [0.4, 0.5) is 16.3 Å². The highest BCUT2D eigenvalue weighted by atomic mass is 35.5. The zero-order valence-electron chi connectivity index (χ0n) is 21.3. The predicted molar refractivity (Wildman–Crippen MR) is 139 cm³/mol. The third-order valence-corrected chi connectivity index (χ3v) is 8.00. The first-order valence-corrected chi connectivity index (χ1v) is 13.2. The van der Waals surface area contributed by atoms with Crippen LogP contribution < -0.4 is 10.1 Å². The first kappa shape index (κ1) is 25.3. The molecule has 2 atom stereocenters. The van der Waals surface area contributed by atoms with Crippen molar-refractivity contribution < 1.29 is 19.1 Å². The highest BCUT2D eigenvalue weighted by Crippen LogP contribution is 2.42. The Morgan fingerprint density at radius 2 is 2.00 bits per heavy atom. The fourth-order valence-corrected chi connectivity index (χ4v) is 5.52. The summed E-state index contributed by atoms with van der Waals surface area (Å²) in [5, 5.41) is 12.8. The number of Topliss-reactive ketones (excluding diaryl/α,β-unsaturated/α-hetero) is 1. The molecular weight excluding hydrogens is 492 g/mol. The number of aromatic nitrogens is 1. The topological polar surface area (TPSA) is 105 Å². The van der Waals surface area contributed by atoms with Gasteiger partial charge in [0.15, 0.2) is 0 Å². The van der Waals surface area contributed by atoms with Crippen LogP contribution in [0.3, 0.4) is 0 Å². The number of fused-ring (bicyclic) bond motifs is 2. The van der Waals surface area contributed by atoms with Gasteiger partial charge in [-0.05, 0) is 51.3 Å². The first-order valence-electron chi connectivity index (χ1n) is 12.8. The number of piperidine rings is 1. The van der Waals surface area contributed by atoms with Crippen LogP contribution >= 0.6 is 11.6 Å². The quantitative estimate of drug-likeness (QED) is 0.528. The maximum Gasteiger partial charge on any atom is 0.410 e. The SMILES string of the molecule is CCc1cnc(Nc2ccc(C#N)cc2Cl)c(C)c1OC1C2CC(=O)CC1CN(C(=O)OC1(C)CC1)C2. The van der Waals surface area contributed by atoms with Gasteiger partial charge < -0.3 is 19.7 Å². The molecule has 1 aromatic heterocycles. The van der Waals surface area contributed by atoms with Crippen molar-refractivity contribution in [3.8, 4) is 11.8 Å². The van der Waals surface area contributed by atoms with Crippen molar-refractivity contribution in [1.82, 2.24) is 9.88 Å². The van der Waals surface area contributed by atoms with E-state index in [0.29, 0.717) is 48.0 Å². The smallest absolute Gasteiger partial charge is 0.410 e. The summed E-state index contributed by atoms with van der Waals surface area (Å²) < 4.78 is 12.4. The van der Waals surface area contributed by atoms with Crippen LogP contribution in [0, 0.1) is 30.1 Å². The molecular formula is C28H31ClN4O4. The maximum atomic E-state index is 12.8. The zero-order chi connectivity index (χ0) is 26.3. The number of ether oxygens (including phenoxy) is 2. The largest absolute Gasteiger partial charge is 0.489 e. The summed E-state index contributed by atoms with van der Waals surface area (Å²) in [5.74, 6) is 1.39. The van der Waals surface area contributed by atoms with Gasteiger partial charge in [0.05, 0.1) is 22.3 Å². The van der Waals surface area contributed by atoms with Gasteiger partial charge in [-0.3, -0.25) is 4.79 Å². The lowest BCUT2D eigenvalue weighted by atomic mass is 9.74. The van der Waals surface area contributed by atoms with Gasteiger partial charge in [-0.1, -0.05) is 18.5 Å². The van der Waals surface area contributed by atoms with E-state index in [2.05, 4.69) is 23.3 Å². The summed E-state index contributed by atoms with van der Waals surface area (Å²) >= 11 is 6.38. The Kier molecular flexibility index (Phi) is 6.76. The van der Waals surface area contributed by atoms with E-state index in [0.717, 1.165) is 36.1 Å². The molecule has 0 spiro atoms. The van der Waals surface area contributed by atoms with Crippen LogP contribution in [0.1, 0.15) is 56.2 Å². The number of anilines is 2. The second kappa shape index (κ2) is 9.86. The standard InChI is InChI=1S/C28H31ClN4O4/c1-4-18-13-31-26(32-23-6-5-17(12-30)9-22(23)29)16(2)24(18)36-25-19-10-21(34)11-20(25)15-33(14-19)27(35)37-28(3)7-8-28/h5-6,9,13,19-20,25H,4,7-8,10-11,14-15H2,1-3H3,(H,31,32). The average molecular weight is 523 g/mol. The molecule has 1 N–H and O–H groups in total. The number of ketones is 1. The van der Waals surface area contributed by atoms with Crippen molar-refractivity contribution in [3.63, 3.8) is 0 Å². The molecule has 2 saturated carbocycles. The van der Waals surface area contributed by atoms with Gasteiger partial charge in [0, 0.05) is 55.1 Å². The molecule has 1 aliphatic heterocycles. The fourth-order valence-electron chi connectivity index (χ4n) is 5.30. The van der Waals surface area contributed by atoms with Crippen LogP contribution in [-0.2, 0) is 16.0 Å². The van der Waals surface area contributed by atoms with Crippen LogP contribution in [0.5, 0.6) is 5.75 Å². The molecule has 3 fully saturated rings. The number of amides is 1. The minimum atomic E-state index is -0.333. The minimum Gasteiger partial charge on any atom is -0.489 e. The molecule has 2 aromatic rings. The van der Waals surface area contributed by atoms with E-state index >= 15 is 0 Å². The molecule has 0 radical (unpaired) electrons. The molecule has 3 aliphatic rings. The fraction of sp³-hybridized carbons (Fsp3) is 0.500. The van der Waals surface area contributed by atoms with E-state index in [9.17, 15) is 9.59 Å². The number of likely N-dealkylation sites (tertiary alicyclic amines) is 1. The Morgan fingerprint density at radius 1 is 1.30 bits per heavy atom. The lowest BCUT2D eigenvalue weighted by Gasteiger charge is -2.46. The Balaban J connectivity index is 1.38. The summed E-state index contributed by atoms with van der Waals surface area (Å²) in [5.41, 5.74) is 2.61. The number of nitrogens with zero attached hydrogens (tertiary/aromatic N) is 3. The molecule has 1 amide bonds. The van der Waals surface area contributed by atoms with E-state index in [1.807, 2.05) is 13.8 Å². The maximum absolute atomic E-state index is 12.8. The van der Waals surface area contributed by atoms with Crippen LogP contribution in [0.2, 0.25) is 5.02 Å². The Morgan fingerprint density at radius 3 is 2.59 bits per heavy atom. The van der Waals surface area contributed by atoms with Crippen molar-refractivity contribution in [2.24, 2.45) is 11.8 Å². The molecule has 2 heterocycles. The number of halogens is 1. The molecule has 8 nitrogen and oxygen atoms in total. The monoisotopic (exact) mass is 522 g/mol. The normalized spacial score (nSPS) is 23.7. The van der Waals surface area contributed by atoms with Gasteiger partial charge in [-0.2, -0.15) is 5.26 Å². The number of aryl methyl sites for hydroxylation is 1. The second-order valence-electron chi connectivity index (χ2n) is 10.6. The lowest BCUT2D eigenvalue weighted by molar-refractivity contribution is -0.131. The van der Waals surface area contributed by atoms with E-state index in [-0.39, 0.29) is 35.4 Å². The highest BCUT2D eigenvalue weighted by molar-refractivity contribution is 6.33. The summed E-state index contributed by atoms with van der Waals surface area (Å²) in [4.78, 5) is 31.6. The molecule has 194 valence electrons. The zero-order valence-corrected chi connectivity index (χ0v) is 22.1. The Bertz CT molecular complexity index is 1270. The Hall–Kier alpha value is -3.31. The van der Waals surface area contributed by atoms with Crippen LogP contribution in [0.25, 0.3) is 0 Å². The van der Waals surface area contributed by atoms with Gasteiger partial charge in [-0.25, -0.2) is 9.78 Å². The number of hydrogen-bond donors (Lipinski definition) is 1. The van der Waals surface area contributed by atoms with Gasteiger partial charge in [0.2, 0.25) is 0 Å². The average Bonchev–Trinajstić information content (AvgIpc) is 3.58. The van der Waals surface area contributed by atoms with Gasteiger partial charge in [0.25, 0.3) is 0 Å². The molecule has 2 unspecified atom stereocenters. The summed E-state index contributed by atoms with van der Waals surface area (Å²) in [6, 6.07) is 7.14. The van der Waals surface area contributed by atoms with Crippen molar-refractivity contribution in [2.45, 2.75) is 64.6 Å². The van der Waals surface area contributed by atoms with Crippen LogP contribution in [0.15, 0.2) is 24.4 Å². The molecule has 37 heavy (non-hydrogen) atoms. The number of hydrogen-bond acceptors (Lipinski definition) is 7. The van der Waals surface area contributed by atoms with Gasteiger partial charge in [-0.15, -0.1) is 0 Å². The number of pyridine rings is 1. The molecule has 2 bridgehead atoms. The van der Waals surface area contributed by atoms with Gasteiger partial charge >= 0.3 is 6.09 Å². The predicted octanol–water partition coefficient (Wildman–Crippen LogP) is 5.57. The summed E-state index contributed by atoms with van der Waals surface area (Å²) in [6.45, 7) is 6.85. The van der Waals surface area contributed by atoms with Crippen molar-refractivity contribution in [2.75, 3.05) is 18.4 Å². The van der Waals surface area contributed by atoms with Crippen molar-refractivity contribution >= 4 is 35.0 Å². The number of nitriles is 1. The highest BCUT2D eigenvalue weighted by Gasteiger charge is 2.48. The molecule has 9 heteroatoms. The number of rotatable bonds is 6. The Labute approximate surface area is 221 Å². The second-order valence-corrected chi connectivity index (χ2v) is 11.1. The summed E-state index contributed by atoms with van der Waals surface area (Å²) in [7, 11) is 0. The third-order valence-electron chi connectivity index (χ3n) is 7.69. The number of carbonyl (C=O) groups is 2. The number of carbonyl (C=O) groups excluding carboxylic acids is 2. The van der Waals surface area contributed by atoms with Crippen molar-refractivity contribution in [3.05, 3.63) is 46.1 Å². The molecule has 1 aromatic carbocycles. The molecule has 1 saturated heterocycles. The van der Waals surface area contributed by atoms with Gasteiger partial charge in [0.1, 0.15) is 29.1 Å². The number of nitrogens with one attached hydrogen (secondary N) is 1. The third kappa shape index (κ3) is 5.24. The van der Waals surface area contributed by atoms with E-state index in [1.54, 1.807) is 29.3 Å². The van der Waals surface area contributed by atoms with E-state index < -0.39 is 0 Å². The minimum absolute atomic E-state index is 0.0961. The molecule has 2 aliphatic carbocycles. The van der Waals surface area contributed by atoms with Crippen molar-refractivity contribution in [1.29, 1.82) is 5.26 Å². The number of benzene rings is 1. The summed E-state index contributed by atoms with van der Waals surface area (Å²) in [6.07, 6.45) is 4.63. The lowest BCUT2D eigenvalue weighted by Crippen LogP contribution is -2.57. The first-order chi connectivity index (χ1) is 17.7. The molecule has 5 rings (SSSR count).